The summed E-state index contributed by atoms with van der Waals surface area (Å²) in [4.78, 5) is 7.35. The van der Waals surface area contributed by atoms with Crippen LogP contribution in [0, 0.1) is 5.41 Å². The Bertz CT molecular complexity index is 501. The van der Waals surface area contributed by atoms with Gasteiger partial charge in [-0.3, -0.25) is 0 Å². The molecule has 98 valence electrons. The maximum absolute atomic E-state index is 5.61. The SMILES string of the molecule is CC(C)(CCN)CNCc1ccc2nc[nH]c2c1. The molecule has 0 fully saturated rings. The van der Waals surface area contributed by atoms with Crippen LogP contribution in [0.1, 0.15) is 25.8 Å². The van der Waals surface area contributed by atoms with Gasteiger partial charge < -0.3 is 16.0 Å². The minimum Gasteiger partial charge on any atom is -0.345 e. The second-order valence-corrected chi connectivity index (χ2v) is 5.56. The number of hydrogen-bond donors (Lipinski definition) is 3. The highest BCUT2D eigenvalue weighted by Gasteiger charge is 2.15. The van der Waals surface area contributed by atoms with E-state index in [4.69, 9.17) is 5.73 Å². The van der Waals surface area contributed by atoms with E-state index < -0.39 is 0 Å². The van der Waals surface area contributed by atoms with Gasteiger partial charge in [0, 0.05) is 13.1 Å². The number of rotatable bonds is 6. The zero-order valence-corrected chi connectivity index (χ0v) is 11.2. The van der Waals surface area contributed by atoms with E-state index in [9.17, 15) is 0 Å². The monoisotopic (exact) mass is 246 g/mol. The van der Waals surface area contributed by atoms with Crippen molar-refractivity contribution < 1.29 is 0 Å². The molecule has 0 unspecified atom stereocenters. The first kappa shape index (κ1) is 13.1. The Morgan fingerprint density at radius 3 is 3.00 bits per heavy atom. The highest BCUT2D eigenvalue weighted by Crippen LogP contribution is 2.18. The number of H-pyrrole nitrogens is 1. The number of fused-ring (bicyclic) bond motifs is 1. The maximum atomic E-state index is 5.61. The fourth-order valence-corrected chi connectivity index (χ4v) is 2.12. The van der Waals surface area contributed by atoms with E-state index in [0.29, 0.717) is 0 Å². The Hall–Kier alpha value is -1.39. The van der Waals surface area contributed by atoms with Crippen molar-refractivity contribution >= 4 is 11.0 Å². The van der Waals surface area contributed by atoms with Crippen LogP contribution >= 0.6 is 0 Å². The van der Waals surface area contributed by atoms with Crippen molar-refractivity contribution in [1.82, 2.24) is 15.3 Å². The maximum Gasteiger partial charge on any atom is 0.0931 e. The largest absolute Gasteiger partial charge is 0.345 e. The molecule has 4 heteroatoms. The molecule has 4 N–H and O–H groups in total. The van der Waals surface area contributed by atoms with Gasteiger partial charge >= 0.3 is 0 Å². The average molecular weight is 246 g/mol. The van der Waals surface area contributed by atoms with Gasteiger partial charge in [0.2, 0.25) is 0 Å². The second kappa shape index (κ2) is 5.50. The molecule has 1 aromatic carbocycles. The molecule has 0 aliphatic heterocycles. The number of aromatic nitrogens is 2. The summed E-state index contributed by atoms with van der Waals surface area (Å²) in [5, 5.41) is 3.49. The minimum atomic E-state index is 0.257. The topological polar surface area (TPSA) is 66.7 Å². The van der Waals surface area contributed by atoms with Crippen molar-refractivity contribution in [2.45, 2.75) is 26.8 Å². The minimum absolute atomic E-state index is 0.257. The molecule has 1 aromatic heterocycles. The number of nitrogens with two attached hydrogens (primary N) is 1. The highest BCUT2D eigenvalue weighted by molar-refractivity contribution is 5.74. The van der Waals surface area contributed by atoms with Gasteiger partial charge in [-0.15, -0.1) is 0 Å². The molecular formula is C14H22N4. The van der Waals surface area contributed by atoms with Crippen molar-refractivity contribution in [3.8, 4) is 0 Å². The Labute approximate surface area is 108 Å². The molecule has 2 aromatic rings. The molecule has 0 bridgehead atoms. The standard InChI is InChI=1S/C14H22N4/c1-14(2,5-6-15)9-16-8-11-3-4-12-13(7-11)18-10-17-12/h3-4,7,10,16H,5-6,8-9,15H2,1-2H3,(H,17,18). The summed E-state index contributed by atoms with van der Waals surface area (Å²) in [6, 6.07) is 6.31. The predicted octanol–water partition coefficient (Wildman–Crippen LogP) is 2.03. The smallest absolute Gasteiger partial charge is 0.0931 e. The average Bonchev–Trinajstić information content (AvgIpc) is 2.75. The van der Waals surface area contributed by atoms with Gasteiger partial charge in [-0.1, -0.05) is 19.9 Å². The van der Waals surface area contributed by atoms with Crippen molar-refractivity contribution in [2.24, 2.45) is 11.1 Å². The highest BCUT2D eigenvalue weighted by atomic mass is 14.9. The lowest BCUT2D eigenvalue weighted by Gasteiger charge is -2.24. The lowest BCUT2D eigenvalue weighted by atomic mass is 9.89. The van der Waals surface area contributed by atoms with Crippen molar-refractivity contribution in [3.05, 3.63) is 30.1 Å². The van der Waals surface area contributed by atoms with Gasteiger partial charge in [-0.05, 0) is 36.1 Å². The van der Waals surface area contributed by atoms with Crippen LogP contribution in [-0.4, -0.2) is 23.1 Å². The fraction of sp³-hybridized carbons (Fsp3) is 0.500. The van der Waals surface area contributed by atoms with Crippen LogP contribution in [0.2, 0.25) is 0 Å². The molecule has 0 saturated carbocycles. The molecule has 0 atom stereocenters. The normalized spacial score (nSPS) is 12.2. The third-order valence-corrected chi connectivity index (χ3v) is 3.24. The molecule has 18 heavy (non-hydrogen) atoms. The molecule has 0 spiro atoms. The first-order valence-corrected chi connectivity index (χ1v) is 6.43. The summed E-state index contributed by atoms with van der Waals surface area (Å²) in [5.41, 5.74) is 9.25. The Morgan fingerprint density at radius 2 is 2.22 bits per heavy atom. The van der Waals surface area contributed by atoms with E-state index in [1.54, 1.807) is 6.33 Å². The lowest BCUT2D eigenvalue weighted by Crippen LogP contribution is -2.30. The quantitative estimate of drug-likeness (QED) is 0.730. The molecule has 0 saturated heterocycles. The third-order valence-electron chi connectivity index (χ3n) is 3.24. The molecular weight excluding hydrogens is 224 g/mol. The summed E-state index contributed by atoms with van der Waals surface area (Å²) in [6.07, 6.45) is 2.77. The van der Waals surface area contributed by atoms with Gasteiger partial charge in [-0.25, -0.2) is 4.98 Å². The molecule has 0 amide bonds. The van der Waals surface area contributed by atoms with Gasteiger partial charge in [0.15, 0.2) is 0 Å². The van der Waals surface area contributed by atoms with Crippen molar-refractivity contribution in [2.75, 3.05) is 13.1 Å². The summed E-state index contributed by atoms with van der Waals surface area (Å²) >= 11 is 0. The molecule has 0 aliphatic carbocycles. The summed E-state index contributed by atoms with van der Waals surface area (Å²) in [6.45, 7) is 7.08. The number of nitrogens with one attached hydrogen (secondary N) is 2. The summed E-state index contributed by atoms with van der Waals surface area (Å²) in [7, 11) is 0. The number of benzene rings is 1. The fourth-order valence-electron chi connectivity index (χ4n) is 2.12. The summed E-state index contributed by atoms with van der Waals surface area (Å²) < 4.78 is 0. The zero-order chi connectivity index (χ0) is 13.0. The number of nitrogens with zero attached hydrogens (tertiary/aromatic N) is 1. The van der Waals surface area contributed by atoms with E-state index in [1.807, 2.05) is 6.07 Å². The van der Waals surface area contributed by atoms with Gasteiger partial charge in [0.25, 0.3) is 0 Å². The van der Waals surface area contributed by atoms with Crippen LogP contribution in [0.15, 0.2) is 24.5 Å². The molecule has 0 aliphatic rings. The lowest BCUT2D eigenvalue weighted by molar-refractivity contribution is 0.319. The van der Waals surface area contributed by atoms with Crippen LogP contribution < -0.4 is 11.1 Å². The summed E-state index contributed by atoms with van der Waals surface area (Å²) in [5.74, 6) is 0. The van der Waals surface area contributed by atoms with Crippen LogP contribution in [0.3, 0.4) is 0 Å². The zero-order valence-electron chi connectivity index (χ0n) is 11.2. The molecule has 4 nitrogen and oxygen atoms in total. The van der Waals surface area contributed by atoms with E-state index in [2.05, 4.69) is 41.3 Å². The van der Waals surface area contributed by atoms with Crippen LogP contribution in [0.5, 0.6) is 0 Å². The molecule has 2 rings (SSSR count). The Morgan fingerprint density at radius 1 is 1.39 bits per heavy atom. The van der Waals surface area contributed by atoms with E-state index in [-0.39, 0.29) is 5.41 Å². The van der Waals surface area contributed by atoms with E-state index in [0.717, 1.165) is 37.1 Å². The third kappa shape index (κ3) is 3.31. The first-order valence-electron chi connectivity index (χ1n) is 6.43. The molecule has 0 radical (unpaired) electrons. The van der Waals surface area contributed by atoms with Crippen molar-refractivity contribution in [3.63, 3.8) is 0 Å². The Balaban J connectivity index is 1.90. The van der Waals surface area contributed by atoms with E-state index >= 15 is 0 Å². The van der Waals surface area contributed by atoms with Crippen LogP contribution in [-0.2, 0) is 6.54 Å². The molecule has 1 heterocycles. The number of aromatic amines is 1. The number of imidazole rings is 1. The Kier molecular flexibility index (Phi) is 3.99. The van der Waals surface area contributed by atoms with Crippen LogP contribution in [0.4, 0.5) is 0 Å². The number of hydrogen-bond acceptors (Lipinski definition) is 3. The van der Waals surface area contributed by atoms with Gasteiger partial charge in [-0.2, -0.15) is 0 Å². The van der Waals surface area contributed by atoms with Crippen LogP contribution in [0.25, 0.3) is 11.0 Å². The predicted molar refractivity (Wildman–Crippen MR) is 75.3 cm³/mol. The second-order valence-electron chi connectivity index (χ2n) is 5.56. The van der Waals surface area contributed by atoms with Gasteiger partial charge in [0.1, 0.15) is 0 Å². The first-order chi connectivity index (χ1) is 8.61. The van der Waals surface area contributed by atoms with Crippen molar-refractivity contribution in [1.29, 1.82) is 0 Å². The van der Waals surface area contributed by atoms with E-state index in [1.165, 1.54) is 5.56 Å². The van der Waals surface area contributed by atoms with Gasteiger partial charge in [0.05, 0.1) is 17.4 Å².